The van der Waals surface area contributed by atoms with Gasteiger partial charge in [0.1, 0.15) is 0 Å². The van der Waals surface area contributed by atoms with Crippen molar-refractivity contribution in [2.45, 2.75) is 58.1 Å². The number of nitrogens with zero attached hydrogens (tertiary/aromatic N) is 1. The molecule has 0 radical (unpaired) electrons. The van der Waals surface area contributed by atoms with Crippen LogP contribution in [-0.4, -0.2) is 15.7 Å². The minimum Gasteiger partial charge on any atom is -0.390 e. The first-order valence-electron chi connectivity index (χ1n) is 6.81. The first-order valence-corrected chi connectivity index (χ1v) is 6.81. The van der Waals surface area contributed by atoms with Crippen molar-refractivity contribution in [1.29, 1.82) is 0 Å². The molecule has 1 fully saturated rings. The molecule has 106 valence electrons. The van der Waals surface area contributed by atoms with Crippen molar-refractivity contribution in [3.8, 4) is 0 Å². The Hall–Kier alpha value is -1.00. The highest BCUT2D eigenvalue weighted by molar-refractivity contribution is 5.24. The first kappa shape index (κ1) is 14.4. The number of nitrogens with two attached hydrogens (primary N) is 1. The Bertz CT molecular complexity index is 464. The molecule has 1 saturated carbocycles. The van der Waals surface area contributed by atoms with E-state index < -0.39 is 17.6 Å². The number of rotatable bonds is 4. The third-order valence-electron chi connectivity index (χ3n) is 3.48. The van der Waals surface area contributed by atoms with Crippen LogP contribution in [0.5, 0.6) is 0 Å². The van der Waals surface area contributed by atoms with Gasteiger partial charge in [0.2, 0.25) is 5.95 Å². The van der Waals surface area contributed by atoms with E-state index in [1.165, 1.54) is 0 Å². The van der Waals surface area contributed by atoms with Crippen LogP contribution in [0.2, 0.25) is 0 Å². The van der Waals surface area contributed by atoms with Crippen LogP contribution in [0.3, 0.4) is 0 Å². The predicted octanol–water partition coefficient (Wildman–Crippen LogP) is 2.72. The molecule has 2 rings (SSSR count). The SMILES string of the molecule is CC(C)(C)Cc1cnc(F)c([C@@H](N)CC2(O)CC2)c1. The summed E-state index contributed by atoms with van der Waals surface area (Å²) in [6, 6.07) is 1.31. The Morgan fingerprint density at radius 2 is 2.11 bits per heavy atom. The Labute approximate surface area is 114 Å². The number of halogens is 1. The Morgan fingerprint density at radius 3 is 2.63 bits per heavy atom. The van der Waals surface area contributed by atoms with Crippen LogP contribution in [0.25, 0.3) is 0 Å². The second-order valence-corrected chi connectivity index (χ2v) is 7.00. The molecule has 3 N–H and O–H groups in total. The van der Waals surface area contributed by atoms with Crippen LogP contribution < -0.4 is 5.73 Å². The zero-order valence-electron chi connectivity index (χ0n) is 11.9. The second-order valence-electron chi connectivity index (χ2n) is 7.00. The molecule has 1 aromatic heterocycles. The minimum absolute atomic E-state index is 0.121. The van der Waals surface area contributed by atoms with Crippen LogP contribution in [0.15, 0.2) is 12.3 Å². The Kier molecular flexibility index (Phi) is 3.67. The maximum absolute atomic E-state index is 13.8. The van der Waals surface area contributed by atoms with E-state index in [9.17, 15) is 9.50 Å². The van der Waals surface area contributed by atoms with Gasteiger partial charge in [-0.1, -0.05) is 20.8 Å². The van der Waals surface area contributed by atoms with Gasteiger partial charge >= 0.3 is 0 Å². The highest BCUT2D eigenvalue weighted by Gasteiger charge is 2.42. The number of hydrogen-bond acceptors (Lipinski definition) is 3. The average molecular weight is 266 g/mol. The summed E-state index contributed by atoms with van der Waals surface area (Å²) in [6.45, 7) is 6.38. The van der Waals surface area contributed by atoms with Gasteiger partial charge in [0.25, 0.3) is 0 Å². The summed E-state index contributed by atoms with van der Waals surface area (Å²) in [4.78, 5) is 3.81. The van der Waals surface area contributed by atoms with E-state index in [-0.39, 0.29) is 5.41 Å². The van der Waals surface area contributed by atoms with Gasteiger partial charge in [0.05, 0.1) is 5.60 Å². The lowest BCUT2D eigenvalue weighted by Crippen LogP contribution is -2.21. The van der Waals surface area contributed by atoms with Gasteiger partial charge in [-0.3, -0.25) is 0 Å². The zero-order valence-corrected chi connectivity index (χ0v) is 11.9. The molecule has 4 heteroatoms. The predicted molar refractivity (Wildman–Crippen MR) is 73.1 cm³/mol. The van der Waals surface area contributed by atoms with Crippen molar-refractivity contribution in [3.63, 3.8) is 0 Å². The van der Waals surface area contributed by atoms with Crippen LogP contribution in [-0.2, 0) is 6.42 Å². The molecule has 0 amide bonds. The maximum atomic E-state index is 13.8. The van der Waals surface area contributed by atoms with Crippen molar-refractivity contribution in [2.75, 3.05) is 0 Å². The van der Waals surface area contributed by atoms with Crippen molar-refractivity contribution >= 4 is 0 Å². The van der Waals surface area contributed by atoms with Crippen molar-refractivity contribution in [1.82, 2.24) is 4.98 Å². The van der Waals surface area contributed by atoms with Crippen molar-refractivity contribution in [3.05, 3.63) is 29.3 Å². The van der Waals surface area contributed by atoms with Gasteiger partial charge < -0.3 is 10.8 Å². The summed E-state index contributed by atoms with van der Waals surface area (Å²) in [5.41, 5.74) is 6.87. The molecule has 0 unspecified atom stereocenters. The van der Waals surface area contributed by atoms with Crippen LogP contribution >= 0.6 is 0 Å². The van der Waals surface area contributed by atoms with E-state index in [0.717, 1.165) is 24.8 Å². The molecule has 1 aliphatic rings. The van der Waals surface area contributed by atoms with Crippen molar-refractivity contribution < 1.29 is 9.50 Å². The first-order chi connectivity index (χ1) is 8.69. The molecule has 1 atom stereocenters. The molecule has 1 aromatic rings. The van der Waals surface area contributed by atoms with E-state index in [1.54, 1.807) is 12.3 Å². The van der Waals surface area contributed by atoms with E-state index in [0.29, 0.717) is 12.0 Å². The van der Waals surface area contributed by atoms with E-state index >= 15 is 0 Å². The van der Waals surface area contributed by atoms with Crippen molar-refractivity contribution in [2.24, 2.45) is 11.1 Å². The highest BCUT2D eigenvalue weighted by Crippen LogP contribution is 2.42. The monoisotopic (exact) mass is 266 g/mol. The van der Waals surface area contributed by atoms with Crippen LogP contribution in [0.1, 0.15) is 57.2 Å². The normalized spacial score (nSPS) is 19.3. The topological polar surface area (TPSA) is 59.1 Å². The molecule has 0 spiro atoms. The lowest BCUT2D eigenvalue weighted by Gasteiger charge is -2.20. The average Bonchev–Trinajstić information content (AvgIpc) is 2.96. The molecular weight excluding hydrogens is 243 g/mol. The highest BCUT2D eigenvalue weighted by atomic mass is 19.1. The summed E-state index contributed by atoms with van der Waals surface area (Å²) in [7, 11) is 0. The lowest BCUT2D eigenvalue weighted by molar-refractivity contribution is 0.130. The second kappa shape index (κ2) is 4.84. The molecule has 19 heavy (non-hydrogen) atoms. The summed E-state index contributed by atoms with van der Waals surface area (Å²) in [5.74, 6) is -0.519. The molecule has 1 aliphatic carbocycles. The molecular formula is C15H23FN2O. The fourth-order valence-electron chi connectivity index (χ4n) is 2.35. The van der Waals surface area contributed by atoms with Gasteiger partial charge in [0.15, 0.2) is 0 Å². The van der Waals surface area contributed by atoms with E-state index in [2.05, 4.69) is 25.8 Å². The van der Waals surface area contributed by atoms with Gasteiger partial charge in [-0.15, -0.1) is 0 Å². The molecule has 1 heterocycles. The maximum Gasteiger partial charge on any atom is 0.217 e. The fraction of sp³-hybridized carbons (Fsp3) is 0.667. The molecule has 0 saturated heterocycles. The molecule has 0 bridgehead atoms. The minimum atomic E-state index is -0.675. The summed E-state index contributed by atoms with van der Waals surface area (Å²) in [6.07, 6.45) is 4.33. The van der Waals surface area contributed by atoms with E-state index in [1.807, 2.05) is 0 Å². The summed E-state index contributed by atoms with van der Waals surface area (Å²) < 4.78 is 13.8. The quantitative estimate of drug-likeness (QED) is 0.824. The molecule has 0 aromatic carbocycles. The van der Waals surface area contributed by atoms with Crippen LogP contribution in [0.4, 0.5) is 4.39 Å². The third kappa shape index (κ3) is 3.98. The zero-order chi connectivity index (χ0) is 14.3. The van der Waals surface area contributed by atoms with Gasteiger partial charge in [-0.05, 0) is 42.7 Å². The summed E-state index contributed by atoms with van der Waals surface area (Å²) >= 11 is 0. The van der Waals surface area contributed by atoms with Gasteiger partial charge in [0, 0.05) is 17.8 Å². The lowest BCUT2D eigenvalue weighted by atomic mass is 9.88. The molecule has 3 nitrogen and oxygen atoms in total. The third-order valence-corrected chi connectivity index (χ3v) is 3.48. The molecule has 0 aliphatic heterocycles. The number of aromatic nitrogens is 1. The van der Waals surface area contributed by atoms with Gasteiger partial charge in [-0.2, -0.15) is 4.39 Å². The van der Waals surface area contributed by atoms with Crippen LogP contribution in [0, 0.1) is 11.4 Å². The number of pyridine rings is 1. The van der Waals surface area contributed by atoms with E-state index in [4.69, 9.17) is 5.73 Å². The number of hydrogen-bond donors (Lipinski definition) is 2. The fourth-order valence-corrected chi connectivity index (χ4v) is 2.35. The Balaban J connectivity index is 2.16. The number of aliphatic hydroxyl groups is 1. The summed E-state index contributed by atoms with van der Waals surface area (Å²) in [5, 5.41) is 9.88. The Morgan fingerprint density at radius 1 is 1.47 bits per heavy atom. The standard InChI is InChI=1S/C15H23FN2O/c1-14(2,3)7-10-6-11(13(16)18-9-10)12(17)8-15(19)4-5-15/h6,9,12,19H,4-5,7-8,17H2,1-3H3/t12-/m0/s1. The largest absolute Gasteiger partial charge is 0.390 e. The van der Waals surface area contributed by atoms with Gasteiger partial charge in [-0.25, -0.2) is 4.98 Å². The smallest absolute Gasteiger partial charge is 0.217 e.